The summed E-state index contributed by atoms with van der Waals surface area (Å²) in [6.45, 7) is 11.5. The van der Waals surface area contributed by atoms with Gasteiger partial charge in [0, 0.05) is 5.92 Å². The predicted molar refractivity (Wildman–Crippen MR) is 72.9 cm³/mol. The van der Waals surface area contributed by atoms with Crippen molar-refractivity contribution in [2.24, 2.45) is 5.92 Å². The predicted octanol–water partition coefficient (Wildman–Crippen LogP) is 4.20. The summed E-state index contributed by atoms with van der Waals surface area (Å²) >= 11 is 0. The van der Waals surface area contributed by atoms with Crippen molar-refractivity contribution < 1.29 is 4.43 Å². The van der Waals surface area contributed by atoms with Crippen LogP contribution in [0.3, 0.4) is 0 Å². The molecule has 1 unspecified atom stereocenters. The highest BCUT2D eigenvalue weighted by molar-refractivity contribution is 6.74. The first-order valence-electron chi connectivity index (χ1n) is 6.42. The second kappa shape index (κ2) is 4.94. The van der Waals surface area contributed by atoms with Gasteiger partial charge in [0.05, 0.1) is 6.10 Å². The Kier molecular flexibility index (Phi) is 4.26. The first kappa shape index (κ1) is 13.8. The minimum atomic E-state index is -1.65. The van der Waals surface area contributed by atoms with Crippen molar-refractivity contribution >= 4 is 8.32 Å². The molecule has 2 atom stereocenters. The summed E-state index contributed by atoms with van der Waals surface area (Å²) in [5.41, 5.74) is 0. The number of rotatable bonds is 2. The normalized spacial score (nSPS) is 27.5. The van der Waals surface area contributed by atoms with E-state index >= 15 is 0 Å². The molecular weight excluding hydrogens is 212 g/mol. The van der Waals surface area contributed by atoms with Crippen LogP contribution >= 0.6 is 0 Å². The Balaban J connectivity index is 2.69. The Hall–Kier alpha value is -0.263. The summed E-state index contributed by atoms with van der Waals surface area (Å²) in [7, 11) is -1.65. The molecule has 0 saturated heterocycles. The van der Waals surface area contributed by atoms with Gasteiger partial charge in [0.15, 0.2) is 8.32 Å². The summed E-state index contributed by atoms with van der Waals surface area (Å²) in [5, 5.41) is 0.281. The number of hydrogen-bond donors (Lipinski definition) is 0. The van der Waals surface area contributed by atoms with Crippen LogP contribution in [0.4, 0.5) is 0 Å². The summed E-state index contributed by atoms with van der Waals surface area (Å²) in [4.78, 5) is 0. The molecule has 1 aliphatic rings. The zero-order valence-corrected chi connectivity index (χ0v) is 12.5. The lowest BCUT2D eigenvalue weighted by molar-refractivity contribution is 0.106. The van der Waals surface area contributed by atoms with Crippen LogP contribution in [-0.2, 0) is 4.43 Å². The third-order valence-electron chi connectivity index (χ3n) is 4.17. The second-order valence-corrected chi connectivity index (χ2v) is 11.2. The average molecular weight is 238 g/mol. The largest absolute Gasteiger partial charge is 0.413 e. The Morgan fingerprint density at radius 2 is 1.75 bits per heavy atom. The Morgan fingerprint density at radius 1 is 1.19 bits per heavy atom. The lowest BCUT2D eigenvalue weighted by Crippen LogP contribution is -2.46. The number of terminal acetylenes is 1. The maximum Gasteiger partial charge on any atom is 0.192 e. The van der Waals surface area contributed by atoms with Crippen molar-refractivity contribution in [3.63, 3.8) is 0 Å². The van der Waals surface area contributed by atoms with Gasteiger partial charge in [-0.25, -0.2) is 0 Å². The monoisotopic (exact) mass is 238 g/mol. The van der Waals surface area contributed by atoms with Crippen LogP contribution in [0.5, 0.6) is 0 Å². The molecule has 1 rings (SSSR count). The maximum absolute atomic E-state index is 6.44. The Bertz CT molecular complexity index is 269. The average Bonchev–Trinajstić information content (AvgIpc) is 2.16. The molecule has 2 heteroatoms. The van der Waals surface area contributed by atoms with Crippen molar-refractivity contribution in [1.82, 2.24) is 0 Å². The van der Waals surface area contributed by atoms with Gasteiger partial charge in [-0.1, -0.05) is 33.6 Å². The molecule has 1 saturated carbocycles. The molecule has 16 heavy (non-hydrogen) atoms. The van der Waals surface area contributed by atoms with E-state index in [2.05, 4.69) is 39.8 Å². The lowest BCUT2D eigenvalue weighted by Gasteiger charge is -2.42. The van der Waals surface area contributed by atoms with Crippen molar-refractivity contribution in [2.45, 2.75) is 70.7 Å². The molecule has 0 aromatic rings. The molecule has 0 heterocycles. The van der Waals surface area contributed by atoms with E-state index in [4.69, 9.17) is 10.8 Å². The fourth-order valence-electron chi connectivity index (χ4n) is 1.98. The molecule has 0 spiro atoms. The number of hydrogen-bond acceptors (Lipinski definition) is 1. The van der Waals surface area contributed by atoms with Crippen molar-refractivity contribution in [2.75, 3.05) is 0 Å². The van der Waals surface area contributed by atoms with E-state index in [0.717, 1.165) is 12.8 Å². The lowest BCUT2D eigenvalue weighted by atomic mass is 9.87. The summed E-state index contributed by atoms with van der Waals surface area (Å²) < 4.78 is 6.44. The molecule has 1 fully saturated rings. The van der Waals surface area contributed by atoms with E-state index in [1.54, 1.807) is 0 Å². The first-order valence-corrected chi connectivity index (χ1v) is 9.33. The van der Waals surface area contributed by atoms with Gasteiger partial charge in [-0.3, -0.25) is 0 Å². The molecule has 0 aromatic heterocycles. The van der Waals surface area contributed by atoms with Gasteiger partial charge in [-0.15, -0.1) is 12.3 Å². The molecule has 1 aliphatic carbocycles. The van der Waals surface area contributed by atoms with Gasteiger partial charge in [0.2, 0.25) is 0 Å². The van der Waals surface area contributed by atoms with Crippen LogP contribution in [0.25, 0.3) is 0 Å². The van der Waals surface area contributed by atoms with E-state index in [-0.39, 0.29) is 5.04 Å². The second-order valence-electron chi connectivity index (χ2n) is 6.47. The molecule has 0 bridgehead atoms. The third-order valence-corrected chi connectivity index (χ3v) is 8.67. The standard InChI is InChI=1S/C14H26OSi/c1-7-12-10-8-9-11-13(12)15-16(5,6)14(2,3)4/h1,12-13H,8-11H2,2-6H3/t12-,13?/m0/s1. The van der Waals surface area contributed by atoms with Crippen LogP contribution in [0.2, 0.25) is 18.1 Å². The summed E-state index contributed by atoms with van der Waals surface area (Å²) in [6, 6.07) is 0. The smallest absolute Gasteiger partial charge is 0.192 e. The van der Waals surface area contributed by atoms with Gasteiger partial charge >= 0.3 is 0 Å². The highest BCUT2D eigenvalue weighted by Crippen LogP contribution is 2.40. The van der Waals surface area contributed by atoms with Crippen LogP contribution in [0, 0.1) is 18.3 Å². The summed E-state index contributed by atoms with van der Waals surface area (Å²) in [5.74, 6) is 3.28. The van der Waals surface area contributed by atoms with E-state index in [1.165, 1.54) is 12.8 Å². The SMILES string of the molecule is C#C[C@H]1CCCCC1O[Si](C)(C)C(C)(C)C. The highest BCUT2D eigenvalue weighted by Gasteiger charge is 2.40. The van der Waals surface area contributed by atoms with Crippen LogP contribution in [0.15, 0.2) is 0 Å². The topological polar surface area (TPSA) is 9.23 Å². The quantitative estimate of drug-likeness (QED) is 0.517. The van der Waals surface area contributed by atoms with Gasteiger partial charge in [-0.2, -0.15) is 0 Å². The van der Waals surface area contributed by atoms with Crippen molar-refractivity contribution in [3.05, 3.63) is 0 Å². The molecule has 92 valence electrons. The molecule has 0 amide bonds. The van der Waals surface area contributed by atoms with E-state index in [0.29, 0.717) is 12.0 Å². The Labute approximate surface area is 102 Å². The third kappa shape index (κ3) is 3.12. The molecule has 1 nitrogen and oxygen atoms in total. The van der Waals surface area contributed by atoms with Crippen LogP contribution in [-0.4, -0.2) is 14.4 Å². The van der Waals surface area contributed by atoms with Crippen molar-refractivity contribution in [3.8, 4) is 12.3 Å². The molecule has 0 radical (unpaired) electrons. The van der Waals surface area contributed by atoms with Gasteiger partial charge in [0.1, 0.15) is 0 Å². The molecular formula is C14H26OSi. The van der Waals surface area contributed by atoms with Gasteiger partial charge < -0.3 is 4.43 Å². The highest BCUT2D eigenvalue weighted by atomic mass is 28.4. The molecule has 0 aliphatic heterocycles. The van der Waals surface area contributed by atoms with Gasteiger partial charge in [-0.05, 0) is 31.0 Å². The zero-order chi connectivity index (χ0) is 12.4. The Morgan fingerprint density at radius 3 is 2.25 bits per heavy atom. The van der Waals surface area contributed by atoms with E-state index in [9.17, 15) is 0 Å². The fraction of sp³-hybridized carbons (Fsp3) is 0.857. The molecule has 0 aromatic carbocycles. The fourth-order valence-corrected chi connectivity index (χ4v) is 3.38. The van der Waals surface area contributed by atoms with E-state index in [1.807, 2.05) is 0 Å². The van der Waals surface area contributed by atoms with Gasteiger partial charge in [0.25, 0.3) is 0 Å². The first-order chi connectivity index (χ1) is 7.28. The van der Waals surface area contributed by atoms with E-state index < -0.39 is 8.32 Å². The molecule has 0 N–H and O–H groups in total. The minimum Gasteiger partial charge on any atom is -0.413 e. The zero-order valence-electron chi connectivity index (χ0n) is 11.5. The van der Waals surface area contributed by atoms with Crippen LogP contribution < -0.4 is 0 Å². The van der Waals surface area contributed by atoms with Crippen LogP contribution in [0.1, 0.15) is 46.5 Å². The maximum atomic E-state index is 6.44. The van der Waals surface area contributed by atoms with Crippen molar-refractivity contribution in [1.29, 1.82) is 0 Å². The summed E-state index contributed by atoms with van der Waals surface area (Å²) in [6.07, 6.45) is 10.8. The minimum absolute atomic E-state index is 0.281.